The number of carbonyl (C=O) groups excluding carboxylic acids is 1. The van der Waals surface area contributed by atoms with Gasteiger partial charge in [0.05, 0.1) is 18.5 Å². The lowest BCUT2D eigenvalue weighted by Gasteiger charge is -2.25. The van der Waals surface area contributed by atoms with Crippen molar-refractivity contribution in [3.63, 3.8) is 0 Å². The van der Waals surface area contributed by atoms with Crippen molar-refractivity contribution < 1.29 is 14.3 Å². The first-order valence-electron chi connectivity index (χ1n) is 7.79. The molecule has 0 bridgehead atoms. The van der Waals surface area contributed by atoms with Crippen molar-refractivity contribution in [1.29, 1.82) is 0 Å². The number of aliphatic hydroxyl groups is 1. The van der Waals surface area contributed by atoms with Crippen LogP contribution in [0.1, 0.15) is 36.8 Å². The molecule has 1 saturated heterocycles. The highest BCUT2D eigenvalue weighted by atomic mass is 32.1. The van der Waals surface area contributed by atoms with Gasteiger partial charge in [-0.05, 0) is 44.9 Å². The molecule has 1 amide bonds. The van der Waals surface area contributed by atoms with Gasteiger partial charge in [-0.15, -0.1) is 11.3 Å². The molecule has 0 aromatic carbocycles. The summed E-state index contributed by atoms with van der Waals surface area (Å²) in [6.07, 6.45) is 3.55. The smallest absolute Gasteiger partial charge is 0.240 e. The second kappa shape index (κ2) is 7.25. The number of hydrogen-bond acceptors (Lipinski definition) is 6. The van der Waals surface area contributed by atoms with E-state index in [4.69, 9.17) is 4.42 Å². The standard InChI is InChI=1S/C16H21N3O3S/c1-11-10-23-16(17-11)18-15(21)9-19-6-2-4-12(19)8-13(20)14-5-3-7-22-14/h3,5,7,10,12-13,20H,2,4,6,8-9H2,1H3,(H,17,18,21). The van der Waals surface area contributed by atoms with E-state index < -0.39 is 6.10 Å². The highest BCUT2D eigenvalue weighted by molar-refractivity contribution is 7.13. The van der Waals surface area contributed by atoms with Crippen LogP contribution in [0.5, 0.6) is 0 Å². The number of aromatic nitrogens is 1. The number of anilines is 1. The Hall–Kier alpha value is -1.70. The summed E-state index contributed by atoms with van der Waals surface area (Å²) in [5.74, 6) is 0.526. The van der Waals surface area contributed by atoms with Gasteiger partial charge < -0.3 is 14.8 Å². The number of nitrogens with one attached hydrogen (secondary N) is 1. The molecule has 0 radical (unpaired) electrons. The van der Waals surface area contributed by atoms with Gasteiger partial charge in [0.2, 0.25) is 5.91 Å². The number of thiazole rings is 1. The van der Waals surface area contributed by atoms with Crippen LogP contribution >= 0.6 is 11.3 Å². The van der Waals surface area contributed by atoms with Crippen LogP contribution < -0.4 is 5.32 Å². The summed E-state index contributed by atoms with van der Waals surface area (Å²) in [4.78, 5) is 18.5. The number of hydrogen-bond donors (Lipinski definition) is 2. The van der Waals surface area contributed by atoms with Crippen molar-refractivity contribution in [2.75, 3.05) is 18.4 Å². The fraction of sp³-hybridized carbons (Fsp3) is 0.500. The van der Waals surface area contributed by atoms with Crippen LogP contribution in [0, 0.1) is 6.92 Å². The molecule has 0 spiro atoms. The zero-order valence-electron chi connectivity index (χ0n) is 13.1. The molecule has 2 aromatic rings. The van der Waals surface area contributed by atoms with E-state index in [0.717, 1.165) is 25.1 Å². The number of aryl methyl sites for hydroxylation is 1. The quantitative estimate of drug-likeness (QED) is 0.848. The summed E-state index contributed by atoms with van der Waals surface area (Å²) in [6.45, 7) is 3.10. The van der Waals surface area contributed by atoms with E-state index in [2.05, 4.69) is 15.2 Å². The minimum atomic E-state index is -0.625. The Labute approximate surface area is 139 Å². The van der Waals surface area contributed by atoms with Crippen molar-refractivity contribution in [3.8, 4) is 0 Å². The van der Waals surface area contributed by atoms with Crippen molar-refractivity contribution in [1.82, 2.24) is 9.88 Å². The van der Waals surface area contributed by atoms with E-state index in [9.17, 15) is 9.90 Å². The van der Waals surface area contributed by atoms with Crippen molar-refractivity contribution in [3.05, 3.63) is 35.2 Å². The molecule has 2 N–H and O–H groups in total. The van der Waals surface area contributed by atoms with Crippen molar-refractivity contribution in [2.45, 2.75) is 38.3 Å². The van der Waals surface area contributed by atoms with Crippen LogP contribution in [0.3, 0.4) is 0 Å². The molecule has 124 valence electrons. The van der Waals surface area contributed by atoms with Gasteiger partial charge in [0.1, 0.15) is 11.9 Å². The number of furan rings is 1. The van der Waals surface area contributed by atoms with Gasteiger partial charge in [-0.25, -0.2) is 4.98 Å². The molecule has 3 rings (SSSR count). The van der Waals surface area contributed by atoms with Gasteiger partial charge >= 0.3 is 0 Å². The number of amides is 1. The van der Waals surface area contributed by atoms with Crippen LogP contribution in [0.2, 0.25) is 0 Å². The lowest BCUT2D eigenvalue weighted by atomic mass is 10.1. The van der Waals surface area contributed by atoms with E-state index >= 15 is 0 Å². The Morgan fingerprint density at radius 1 is 1.65 bits per heavy atom. The van der Waals surface area contributed by atoms with E-state index in [1.54, 1.807) is 18.4 Å². The number of likely N-dealkylation sites (tertiary alicyclic amines) is 1. The molecular weight excluding hydrogens is 314 g/mol. The molecule has 7 heteroatoms. The second-order valence-electron chi connectivity index (χ2n) is 5.88. The number of aliphatic hydroxyl groups excluding tert-OH is 1. The minimum Gasteiger partial charge on any atom is -0.467 e. The monoisotopic (exact) mass is 335 g/mol. The fourth-order valence-corrected chi connectivity index (χ4v) is 3.68. The first-order valence-corrected chi connectivity index (χ1v) is 8.67. The Morgan fingerprint density at radius 3 is 3.22 bits per heavy atom. The van der Waals surface area contributed by atoms with E-state index in [-0.39, 0.29) is 11.9 Å². The fourth-order valence-electron chi connectivity index (χ4n) is 2.98. The molecule has 1 aliphatic rings. The number of nitrogens with zero attached hydrogens (tertiary/aromatic N) is 2. The van der Waals surface area contributed by atoms with Gasteiger partial charge in [-0.2, -0.15) is 0 Å². The van der Waals surface area contributed by atoms with Crippen LogP contribution in [0.4, 0.5) is 5.13 Å². The van der Waals surface area contributed by atoms with E-state index in [1.165, 1.54) is 11.3 Å². The van der Waals surface area contributed by atoms with Crippen molar-refractivity contribution in [2.24, 2.45) is 0 Å². The highest BCUT2D eigenvalue weighted by Gasteiger charge is 2.29. The Bertz CT molecular complexity index is 641. The van der Waals surface area contributed by atoms with Gasteiger partial charge in [0, 0.05) is 11.4 Å². The average Bonchev–Trinajstić information content (AvgIpc) is 3.22. The van der Waals surface area contributed by atoms with Crippen LogP contribution in [-0.4, -0.2) is 40.0 Å². The second-order valence-corrected chi connectivity index (χ2v) is 6.73. The summed E-state index contributed by atoms with van der Waals surface area (Å²) >= 11 is 1.43. The summed E-state index contributed by atoms with van der Waals surface area (Å²) < 4.78 is 5.25. The average molecular weight is 335 g/mol. The summed E-state index contributed by atoms with van der Waals surface area (Å²) in [7, 11) is 0. The lowest BCUT2D eigenvalue weighted by Crippen LogP contribution is -2.37. The predicted molar refractivity (Wildman–Crippen MR) is 88.4 cm³/mol. The van der Waals surface area contributed by atoms with Gasteiger partial charge in [-0.1, -0.05) is 0 Å². The Morgan fingerprint density at radius 2 is 2.52 bits per heavy atom. The molecular formula is C16H21N3O3S. The third kappa shape index (κ3) is 4.19. The molecule has 1 fully saturated rings. The molecule has 2 atom stereocenters. The van der Waals surface area contributed by atoms with E-state index in [1.807, 2.05) is 12.3 Å². The lowest BCUT2D eigenvalue weighted by molar-refractivity contribution is -0.117. The van der Waals surface area contributed by atoms with Crippen molar-refractivity contribution >= 4 is 22.4 Å². The maximum atomic E-state index is 12.2. The molecule has 2 aromatic heterocycles. The van der Waals surface area contributed by atoms with Crippen LogP contribution in [-0.2, 0) is 4.79 Å². The largest absolute Gasteiger partial charge is 0.467 e. The van der Waals surface area contributed by atoms with E-state index in [0.29, 0.717) is 23.9 Å². The first kappa shape index (κ1) is 16.2. The maximum Gasteiger partial charge on any atom is 0.240 e. The first-order chi connectivity index (χ1) is 11.1. The summed E-state index contributed by atoms with van der Waals surface area (Å²) in [5, 5.41) is 15.6. The molecule has 2 unspecified atom stereocenters. The summed E-state index contributed by atoms with van der Waals surface area (Å²) in [6, 6.07) is 3.74. The normalized spacial score (nSPS) is 19.8. The minimum absolute atomic E-state index is 0.0567. The van der Waals surface area contributed by atoms with Crippen LogP contribution in [0.25, 0.3) is 0 Å². The molecule has 0 aliphatic carbocycles. The molecule has 6 nitrogen and oxygen atoms in total. The molecule has 23 heavy (non-hydrogen) atoms. The Kier molecular flexibility index (Phi) is 5.09. The molecule has 0 saturated carbocycles. The maximum absolute atomic E-state index is 12.2. The Balaban J connectivity index is 1.53. The zero-order valence-corrected chi connectivity index (χ0v) is 13.9. The number of rotatable bonds is 6. The molecule has 1 aliphatic heterocycles. The zero-order chi connectivity index (χ0) is 16.2. The highest BCUT2D eigenvalue weighted by Crippen LogP contribution is 2.27. The van der Waals surface area contributed by atoms with Gasteiger partial charge in [0.15, 0.2) is 5.13 Å². The van der Waals surface area contributed by atoms with Crippen LogP contribution in [0.15, 0.2) is 28.2 Å². The molecule has 3 heterocycles. The SMILES string of the molecule is Cc1csc(NC(=O)CN2CCCC2CC(O)c2ccco2)n1. The topological polar surface area (TPSA) is 78.6 Å². The van der Waals surface area contributed by atoms with Gasteiger partial charge in [0.25, 0.3) is 0 Å². The van der Waals surface area contributed by atoms with Gasteiger partial charge in [-0.3, -0.25) is 9.69 Å². The summed E-state index contributed by atoms with van der Waals surface area (Å²) in [5.41, 5.74) is 0.908. The third-order valence-electron chi connectivity index (χ3n) is 4.08. The third-order valence-corrected chi connectivity index (χ3v) is 4.95. The predicted octanol–water partition coefficient (Wildman–Crippen LogP) is 2.57. The number of carbonyl (C=O) groups is 1.